The van der Waals surface area contributed by atoms with Gasteiger partial charge in [-0.05, 0) is 48.9 Å². The summed E-state index contributed by atoms with van der Waals surface area (Å²) in [6.45, 7) is 3.30. The summed E-state index contributed by atoms with van der Waals surface area (Å²) in [6.07, 6.45) is -3.54. The number of amides is 1. The molecule has 0 radical (unpaired) electrons. The molecule has 1 aliphatic rings. The van der Waals surface area contributed by atoms with Crippen LogP contribution in [0, 0.1) is 17.7 Å². The van der Waals surface area contributed by atoms with Gasteiger partial charge in [0.2, 0.25) is 5.91 Å². The summed E-state index contributed by atoms with van der Waals surface area (Å²) in [5.74, 6) is 4.87. The second-order valence-electron chi connectivity index (χ2n) is 7.25. The van der Waals surface area contributed by atoms with E-state index >= 15 is 0 Å². The summed E-state index contributed by atoms with van der Waals surface area (Å²) < 4.78 is 51.3. The maximum Gasteiger partial charge on any atom is 0.416 e. The number of carbonyl (C=O) groups excluding carboxylic acids is 1. The fourth-order valence-corrected chi connectivity index (χ4v) is 3.36. The lowest BCUT2D eigenvalue weighted by Gasteiger charge is -2.23. The molecule has 0 saturated carbocycles. The molecule has 1 fully saturated rings. The van der Waals surface area contributed by atoms with E-state index in [4.69, 9.17) is 0 Å². The molecule has 1 amide bonds. The highest BCUT2D eigenvalue weighted by atomic mass is 19.4. The van der Waals surface area contributed by atoms with E-state index in [0.717, 1.165) is 43.9 Å². The molecule has 0 unspecified atom stereocenters. The largest absolute Gasteiger partial charge is 0.416 e. The van der Waals surface area contributed by atoms with Crippen LogP contribution in [0.3, 0.4) is 0 Å². The Morgan fingerprint density at radius 2 is 1.81 bits per heavy atom. The third kappa shape index (κ3) is 7.00. The quantitative estimate of drug-likeness (QED) is 0.592. The van der Waals surface area contributed by atoms with Crippen molar-refractivity contribution in [1.82, 2.24) is 10.2 Å². The molecular formula is C23H23F4N3O. The van der Waals surface area contributed by atoms with E-state index in [2.05, 4.69) is 22.1 Å². The van der Waals surface area contributed by atoms with Gasteiger partial charge in [0.15, 0.2) is 0 Å². The molecule has 1 N–H and O–H groups in total. The number of alkyl halides is 3. The van der Waals surface area contributed by atoms with Crippen LogP contribution < -0.4 is 10.2 Å². The summed E-state index contributed by atoms with van der Waals surface area (Å²) in [7, 11) is 0. The Bertz CT molecular complexity index is 948. The predicted molar refractivity (Wildman–Crippen MR) is 111 cm³/mol. The zero-order chi connectivity index (χ0) is 22.3. The van der Waals surface area contributed by atoms with Crippen molar-refractivity contribution in [2.45, 2.75) is 12.6 Å². The number of halogens is 4. The van der Waals surface area contributed by atoms with Crippen LogP contribution in [0.4, 0.5) is 23.2 Å². The SMILES string of the molecule is O=C(CN1CCCN(c2ccc(F)cc2)CC1)NCC#Cc1cccc(C(F)(F)F)c1. The number of nitrogens with one attached hydrogen (secondary N) is 1. The van der Waals surface area contributed by atoms with Crippen LogP contribution in [0.1, 0.15) is 17.5 Å². The van der Waals surface area contributed by atoms with Crippen molar-refractivity contribution in [2.24, 2.45) is 0 Å². The number of anilines is 1. The van der Waals surface area contributed by atoms with Crippen LogP contribution in [0.5, 0.6) is 0 Å². The van der Waals surface area contributed by atoms with Gasteiger partial charge in [0.25, 0.3) is 0 Å². The molecule has 8 heteroatoms. The van der Waals surface area contributed by atoms with E-state index in [1.807, 2.05) is 4.90 Å². The first-order chi connectivity index (χ1) is 14.8. The Labute approximate surface area is 178 Å². The van der Waals surface area contributed by atoms with Crippen molar-refractivity contribution in [2.75, 3.05) is 44.2 Å². The molecule has 4 nitrogen and oxygen atoms in total. The van der Waals surface area contributed by atoms with E-state index in [9.17, 15) is 22.4 Å². The van der Waals surface area contributed by atoms with Crippen molar-refractivity contribution in [3.63, 3.8) is 0 Å². The molecule has 31 heavy (non-hydrogen) atoms. The van der Waals surface area contributed by atoms with Crippen LogP contribution in [0.15, 0.2) is 48.5 Å². The molecule has 164 valence electrons. The van der Waals surface area contributed by atoms with E-state index in [0.29, 0.717) is 6.54 Å². The minimum atomic E-state index is -4.41. The Kier molecular flexibility index (Phi) is 7.53. The van der Waals surface area contributed by atoms with Gasteiger partial charge in [-0.15, -0.1) is 0 Å². The Balaban J connectivity index is 1.44. The van der Waals surface area contributed by atoms with E-state index in [1.54, 1.807) is 12.1 Å². The van der Waals surface area contributed by atoms with Crippen molar-refractivity contribution in [1.29, 1.82) is 0 Å². The second kappa shape index (κ2) is 10.3. The van der Waals surface area contributed by atoms with Crippen LogP contribution in [-0.4, -0.2) is 50.1 Å². The second-order valence-corrected chi connectivity index (χ2v) is 7.25. The van der Waals surface area contributed by atoms with Crippen molar-refractivity contribution in [3.05, 3.63) is 65.5 Å². The zero-order valence-electron chi connectivity index (χ0n) is 16.9. The van der Waals surface area contributed by atoms with Gasteiger partial charge in [-0.25, -0.2) is 4.39 Å². The summed E-state index contributed by atoms with van der Waals surface area (Å²) >= 11 is 0. The van der Waals surface area contributed by atoms with Crippen LogP contribution in [-0.2, 0) is 11.0 Å². The molecule has 0 aromatic heterocycles. The highest BCUT2D eigenvalue weighted by Crippen LogP contribution is 2.29. The van der Waals surface area contributed by atoms with Crippen LogP contribution in [0.2, 0.25) is 0 Å². The highest BCUT2D eigenvalue weighted by Gasteiger charge is 2.30. The van der Waals surface area contributed by atoms with Crippen molar-refractivity contribution in [3.8, 4) is 11.8 Å². The smallest absolute Gasteiger partial charge is 0.370 e. The molecule has 2 aromatic carbocycles. The van der Waals surface area contributed by atoms with Gasteiger partial charge >= 0.3 is 6.18 Å². The third-order valence-electron chi connectivity index (χ3n) is 4.94. The summed E-state index contributed by atoms with van der Waals surface area (Å²) in [5, 5.41) is 2.68. The molecule has 0 aliphatic carbocycles. The number of hydrogen-bond acceptors (Lipinski definition) is 3. The molecule has 0 bridgehead atoms. The first-order valence-electron chi connectivity index (χ1n) is 9.97. The predicted octanol–water partition coefficient (Wildman–Crippen LogP) is 3.52. The average Bonchev–Trinajstić information content (AvgIpc) is 2.97. The lowest BCUT2D eigenvalue weighted by molar-refractivity contribution is -0.137. The summed E-state index contributed by atoms with van der Waals surface area (Å²) in [4.78, 5) is 16.4. The maximum atomic E-state index is 13.1. The fourth-order valence-electron chi connectivity index (χ4n) is 3.36. The summed E-state index contributed by atoms with van der Waals surface area (Å²) in [5.41, 5.74) is 0.453. The number of carbonyl (C=O) groups is 1. The van der Waals surface area contributed by atoms with Gasteiger partial charge in [-0.2, -0.15) is 13.2 Å². The van der Waals surface area contributed by atoms with Gasteiger partial charge in [0.1, 0.15) is 5.82 Å². The minimum absolute atomic E-state index is 0.0601. The monoisotopic (exact) mass is 433 g/mol. The first-order valence-corrected chi connectivity index (χ1v) is 9.97. The number of nitrogens with zero attached hydrogens (tertiary/aromatic N) is 2. The van der Waals surface area contributed by atoms with Gasteiger partial charge in [-0.3, -0.25) is 9.69 Å². The lowest BCUT2D eigenvalue weighted by Crippen LogP contribution is -2.39. The Morgan fingerprint density at radius 3 is 2.55 bits per heavy atom. The summed E-state index contributed by atoms with van der Waals surface area (Å²) in [6, 6.07) is 11.2. The number of rotatable bonds is 4. The van der Waals surface area contributed by atoms with Gasteiger partial charge in [-0.1, -0.05) is 17.9 Å². The highest BCUT2D eigenvalue weighted by molar-refractivity contribution is 5.78. The molecular weight excluding hydrogens is 410 g/mol. The molecule has 2 aromatic rings. The van der Waals surface area contributed by atoms with E-state index in [-0.39, 0.29) is 30.4 Å². The van der Waals surface area contributed by atoms with Gasteiger partial charge in [0, 0.05) is 37.4 Å². The standard InChI is InChI=1S/C23H23F4N3O/c24-20-7-9-21(10-8-20)30-13-3-12-29(14-15-30)17-22(31)28-11-2-5-18-4-1-6-19(16-18)23(25,26)27/h1,4,6-10,16H,3,11-15,17H2,(H,28,31). The van der Waals surface area contributed by atoms with Crippen LogP contribution >= 0.6 is 0 Å². The number of hydrogen-bond donors (Lipinski definition) is 1. The Morgan fingerprint density at radius 1 is 1.03 bits per heavy atom. The maximum absolute atomic E-state index is 13.1. The molecule has 3 rings (SSSR count). The normalized spacial score (nSPS) is 15.0. The average molecular weight is 433 g/mol. The zero-order valence-corrected chi connectivity index (χ0v) is 16.9. The van der Waals surface area contributed by atoms with Crippen molar-refractivity contribution < 1.29 is 22.4 Å². The first kappa shape index (κ1) is 22.6. The molecule has 0 atom stereocenters. The molecule has 1 heterocycles. The van der Waals surface area contributed by atoms with Gasteiger partial charge in [0.05, 0.1) is 18.7 Å². The van der Waals surface area contributed by atoms with Crippen molar-refractivity contribution >= 4 is 11.6 Å². The van der Waals surface area contributed by atoms with E-state index in [1.165, 1.54) is 24.3 Å². The van der Waals surface area contributed by atoms with E-state index < -0.39 is 11.7 Å². The molecule has 0 spiro atoms. The van der Waals surface area contributed by atoms with Crippen LogP contribution in [0.25, 0.3) is 0 Å². The number of benzene rings is 2. The third-order valence-corrected chi connectivity index (χ3v) is 4.94. The lowest BCUT2D eigenvalue weighted by atomic mass is 10.1. The fraction of sp³-hybridized carbons (Fsp3) is 0.348. The Hall–Kier alpha value is -3.05. The minimum Gasteiger partial charge on any atom is -0.370 e. The molecule has 1 saturated heterocycles. The van der Waals surface area contributed by atoms with Gasteiger partial charge < -0.3 is 10.2 Å². The topological polar surface area (TPSA) is 35.6 Å². The molecule has 1 aliphatic heterocycles.